The van der Waals surface area contributed by atoms with Crippen LogP contribution in [0, 0.1) is 0 Å². The topological polar surface area (TPSA) is 200 Å². The molecular formula is C29H56N2O9. The quantitative estimate of drug-likeness (QED) is 0.0406. The number of hydrogen-bond donors (Lipinski definition) is 9. The second-order valence-electron chi connectivity index (χ2n) is 11.0. The number of carbonyl (C=O) groups excluding carboxylic acids is 2. The van der Waals surface area contributed by atoms with Crippen LogP contribution in [-0.2, 0) is 9.59 Å². The van der Waals surface area contributed by atoms with Gasteiger partial charge in [0, 0.05) is 6.42 Å². The molecule has 0 aliphatic rings. The van der Waals surface area contributed by atoms with Gasteiger partial charge in [0.25, 0.3) is 11.8 Å². The normalized spacial score (nSPS) is 12.7. The Morgan fingerprint density at radius 1 is 0.550 bits per heavy atom. The highest BCUT2D eigenvalue weighted by molar-refractivity contribution is 6.08. The molecule has 0 unspecified atom stereocenters. The van der Waals surface area contributed by atoms with Crippen LogP contribution in [0.25, 0.3) is 0 Å². The fourth-order valence-electron chi connectivity index (χ4n) is 4.17. The number of unbranched alkanes of at least 4 members (excludes halogenated alkanes) is 13. The Balaban J connectivity index is 4.82. The molecule has 0 aliphatic heterocycles. The summed E-state index contributed by atoms with van der Waals surface area (Å²) in [6.07, 6.45) is 19.3. The van der Waals surface area contributed by atoms with E-state index in [2.05, 4.69) is 17.6 Å². The summed E-state index contributed by atoms with van der Waals surface area (Å²) in [5.74, 6) is -2.62. The summed E-state index contributed by atoms with van der Waals surface area (Å²) in [5, 5.41) is 72.5. The van der Waals surface area contributed by atoms with Crippen LogP contribution in [-0.4, -0.2) is 104 Å². The number of hydrogen-bond acceptors (Lipinski definition) is 9. The van der Waals surface area contributed by atoms with Crippen molar-refractivity contribution in [2.24, 2.45) is 0 Å². The van der Waals surface area contributed by atoms with Crippen molar-refractivity contribution in [1.82, 2.24) is 10.6 Å². The number of rotatable bonds is 26. The zero-order valence-corrected chi connectivity index (χ0v) is 24.5. The average molecular weight is 577 g/mol. The van der Waals surface area contributed by atoms with Gasteiger partial charge in [0.2, 0.25) is 5.60 Å². The van der Waals surface area contributed by atoms with Crippen molar-refractivity contribution in [3.63, 3.8) is 0 Å². The third-order valence-electron chi connectivity index (χ3n) is 7.38. The molecule has 40 heavy (non-hydrogen) atoms. The van der Waals surface area contributed by atoms with Crippen molar-refractivity contribution in [3.8, 4) is 0 Å². The summed E-state index contributed by atoms with van der Waals surface area (Å²) < 4.78 is 0. The maximum absolute atomic E-state index is 13.0. The summed E-state index contributed by atoms with van der Waals surface area (Å²) in [6, 6.07) is 0. The molecule has 0 aromatic heterocycles. The van der Waals surface area contributed by atoms with Gasteiger partial charge >= 0.3 is 0 Å². The molecule has 0 saturated carbocycles. The number of nitrogens with one attached hydrogen (secondary N) is 2. The fourth-order valence-corrected chi connectivity index (χ4v) is 4.17. The van der Waals surface area contributed by atoms with Crippen molar-refractivity contribution in [3.05, 3.63) is 12.2 Å². The molecule has 9 N–H and O–H groups in total. The molecule has 0 bridgehead atoms. The Morgan fingerprint density at radius 2 is 0.875 bits per heavy atom. The molecular weight excluding hydrogens is 520 g/mol. The van der Waals surface area contributed by atoms with Gasteiger partial charge in [0.15, 0.2) is 0 Å². The molecule has 0 spiro atoms. The zero-order chi connectivity index (χ0) is 30.3. The van der Waals surface area contributed by atoms with E-state index in [1.165, 1.54) is 70.3 Å². The van der Waals surface area contributed by atoms with Gasteiger partial charge in [-0.15, -0.1) is 0 Å². The van der Waals surface area contributed by atoms with E-state index < -0.39 is 74.6 Å². The summed E-state index contributed by atoms with van der Waals surface area (Å²) in [7, 11) is 0. The van der Waals surface area contributed by atoms with Gasteiger partial charge in [-0.2, -0.15) is 0 Å². The largest absolute Gasteiger partial charge is 0.394 e. The smallest absolute Gasteiger partial charge is 0.262 e. The summed E-state index contributed by atoms with van der Waals surface area (Å²) in [5.41, 5.74) is -6.58. The van der Waals surface area contributed by atoms with E-state index in [0.717, 1.165) is 19.3 Å². The molecule has 0 aromatic carbocycles. The molecule has 11 nitrogen and oxygen atoms in total. The first-order valence-electron chi connectivity index (χ1n) is 14.9. The van der Waals surface area contributed by atoms with E-state index in [0.29, 0.717) is 6.42 Å². The monoisotopic (exact) mass is 576 g/mol. The van der Waals surface area contributed by atoms with Gasteiger partial charge in [-0.3, -0.25) is 9.59 Å². The lowest BCUT2D eigenvalue weighted by molar-refractivity contribution is -0.158. The molecule has 0 saturated heterocycles. The van der Waals surface area contributed by atoms with Crippen LogP contribution in [0.1, 0.15) is 103 Å². The third-order valence-corrected chi connectivity index (χ3v) is 7.38. The van der Waals surface area contributed by atoms with Crippen LogP contribution < -0.4 is 10.6 Å². The van der Waals surface area contributed by atoms with Crippen molar-refractivity contribution < 1.29 is 45.3 Å². The Labute approximate surface area is 239 Å². The van der Waals surface area contributed by atoms with E-state index in [1.54, 1.807) is 6.08 Å². The maximum Gasteiger partial charge on any atom is 0.262 e. The van der Waals surface area contributed by atoms with Crippen LogP contribution in [0.2, 0.25) is 0 Å². The van der Waals surface area contributed by atoms with Crippen LogP contribution in [0.5, 0.6) is 0 Å². The van der Waals surface area contributed by atoms with Gasteiger partial charge in [0.05, 0.1) is 39.6 Å². The van der Waals surface area contributed by atoms with Crippen LogP contribution in [0.15, 0.2) is 12.2 Å². The fraction of sp³-hybridized carbons (Fsp3) is 0.862. The van der Waals surface area contributed by atoms with E-state index in [1.807, 2.05) is 0 Å². The van der Waals surface area contributed by atoms with Gasteiger partial charge in [-0.25, -0.2) is 0 Å². The van der Waals surface area contributed by atoms with Crippen molar-refractivity contribution in [2.75, 3.05) is 39.6 Å². The maximum atomic E-state index is 13.0. The molecule has 0 radical (unpaired) electrons. The van der Waals surface area contributed by atoms with Crippen LogP contribution in [0.4, 0.5) is 0 Å². The van der Waals surface area contributed by atoms with Crippen molar-refractivity contribution in [2.45, 2.75) is 120 Å². The molecule has 236 valence electrons. The van der Waals surface area contributed by atoms with E-state index in [4.69, 9.17) is 0 Å². The number of aliphatic hydroxyl groups excluding tert-OH is 6. The van der Waals surface area contributed by atoms with Crippen molar-refractivity contribution in [1.29, 1.82) is 0 Å². The standard InChI is InChI=1S/C29H56N2O9/c1-2-3-4-5-6-7-8-9-10-11-12-13-14-15-16-17-18-29(40,25(38)30-27(19-32,20-33)21-34)26(39)31-28(22-35,23-36)24-37/h16-17,32-37,40H,2-15,18-24H2,1H3,(H,30,38)(H,31,39). The summed E-state index contributed by atoms with van der Waals surface area (Å²) in [6.45, 7) is -2.99. The summed E-state index contributed by atoms with van der Waals surface area (Å²) >= 11 is 0. The van der Waals surface area contributed by atoms with Crippen LogP contribution in [0.3, 0.4) is 0 Å². The van der Waals surface area contributed by atoms with E-state index >= 15 is 0 Å². The first-order valence-corrected chi connectivity index (χ1v) is 14.9. The lowest BCUT2D eigenvalue weighted by Gasteiger charge is -2.36. The van der Waals surface area contributed by atoms with E-state index in [-0.39, 0.29) is 0 Å². The Hall–Kier alpha value is -1.60. The van der Waals surface area contributed by atoms with E-state index in [9.17, 15) is 45.3 Å². The molecule has 0 fully saturated rings. The zero-order valence-electron chi connectivity index (χ0n) is 24.5. The Morgan fingerprint density at radius 3 is 1.20 bits per heavy atom. The number of aliphatic hydroxyl groups is 7. The highest BCUT2D eigenvalue weighted by Gasteiger charge is 2.48. The predicted molar refractivity (Wildman–Crippen MR) is 153 cm³/mol. The lowest BCUT2D eigenvalue weighted by atomic mass is 9.92. The number of carbonyl (C=O) groups is 2. The Bertz CT molecular complexity index is 644. The molecule has 0 heterocycles. The second kappa shape index (κ2) is 22.1. The van der Waals surface area contributed by atoms with Gasteiger partial charge < -0.3 is 46.4 Å². The highest BCUT2D eigenvalue weighted by Crippen LogP contribution is 2.18. The molecule has 0 aromatic rings. The number of allylic oxidation sites excluding steroid dienone is 1. The Kier molecular flexibility index (Phi) is 21.2. The van der Waals surface area contributed by atoms with Gasteiger partial charge in [0.1, 0.15) is 11.1 Å². The molecule has 11 heteroatoms. The minimum Gasteiger partial charge on any atom is -0.394 e. The van der Waals surface area contributed by atoms with Crippen LogP contribution >= 0.6 is 0 Å². The van der Waals surface area contributed by atoms with Gasteiger partial charge in [-0.05, 0) is 12.8 Å². The molecule has 0 rings (SSSR count). The minimum absolute atomic E-state index is 0.500. The molecule has 0 atom stereocenters. The highest BCUT2D eigenvalue weighted by atomic mass is 16.3. The predicted octanol–water partition coefficient (Wildman–Crippen LogP) is 0.809. The molecule has 0 aliphatic carbocycles. The third kappa shape index (κ3) is 13.8. The first-order chi connectivity index (χ1) is 19.2. The SMILES string of the molecule is CCCCCCCCCCCCCCCC=CCC(O)(C(=O)NC(CO)(CO)CO)C(=O)NC(CO)(CO)CO. The van der Waals surface area contributed by atoms with Gasteiger partial charge in [-0.1, -0.05) is 96.1 Å². The second-order valence-corrected chi connectivity index (χ2v) is 11.0. The minimum atomic E-state index is -2.79. The average Bonchev–Trinajstić information content (AvgIpc) is 2.98. The summed E-state index contributed by atoms with van der Waals surface area (Å²) in [4.78, 5) is 25.9. The number of amides is 2. The molecule has 2 amide bonds. The lowest BCUT2D eigenvalue weighted by Crippen LogP contribution is -2.68. The van der Waals surface area contributed by atoms with Crippen molar-refractivity contribution >= 4 is 11.8 Å². The first kappa shape index (κ1) is 38.4.